The molecule has 1 unspecified atom stereocenters. The lowest BCUT2D eigenvalue weighted by Gasteiger charge is -2.23. The zero-order valence-electron chi connectivity index (χ0n) is 10.4. The number of piperidine rings is 1. The molecule has 0 aromatic heterocycles. The predicted octanol–water partition coefficient (Wildman–Crippen LogP) is 0.746. The highest BCUT2D eigenvalue weighted by Gasteiger charge is 2.21. The highest BCUT2D eigenvalue weighted by molar-refractivity contribution is 5.83. The average molecular weight is 242 g/mol. The minimum Gasteiger partial charge on any atom is -0.480 e. The number of hydrogen-bond acceptors (Lipinski definition) is 3. The zero-order chi connectivity index (χ0) is 12.7. The summed E-state index contributed by atoms with van der Waals surface area (Å²) in [6.45, 7) is 3.79. The highest BCUT2D eigenvalue weighted by Crippen LogP contribution is 2.13. The molecule has 17 heavy (non-hydrogen) atoms. The van der Waals surface area contributed by atoms with E-state index in [0.29, 0.717) is 18.8 Å². The van der Waals surface area contributed by atoms with Crippen LogP contribution in [0.25, 0.3) is 0 Å². The van der Waals surface area contributed by atoms with E-state index in [1.54, 1.807) is 0 Å². The van der Waals surface area contributed by atoms with Crippen molar-refractivity contribution in [3.05, 3.63) is 0 Å². The first-order chi connectivity index (χ1) is 8.13. The third-order valence-corrected chi connectivity index (χ3v) is 3.08. The molecule has 1 heterocycles. The second-order valence-corrected chi connectivity index (χ2v) is 4.66. The maximum atomic E-state index is 11.7. The third kappa shape index (κ3) is 5.17. The molecule has 0 aromatic carbocycles. The first kappa shape index (κ1) is 14.0. The quantitative estimate of drug-likeness (QED) is 0.642. The van der Waals surface area contributed by atoms with Crippen molar-refractivity contribution in [2.24, 2.45) is 5.92 Å². The van der Waals surface area contributed by atoms with Gasteiger partial charge in [0.25, 0.3) is 0 Å². The Bertz CT molecular complexity index is 262. The Morgan fingerprint density at radius 2 is 2.29 bits per heavy atom. The van der Waals surface area contributed by atoms with Gasteiger partial charge in [0.05, 0.1) is 0 Å². The summed E-state index contributed by atoms with van der Waals surface area (Å²) in [5.74, 6) is -0.735. The number of aliphatic carboxylic acids is 1. The first-order valence-corrected chi connectivity index (χ1v) is 6.36. The van der Waals surface area contributed by atoms with Gasteiger partial charge in [0.1, 0.15) is 6.04 Å². The zero-order valence-corrected chi connectivity index (χ0v) is 10.4. The van der Waals surface area contributed by atoms with Crippen LogP contribution in [-0.2, 0) is 9.59 Å². The number of nitrogens with one attached hydrogen (secondary N) is 2. The summed E-state index contributed by atoms with van der Waals surface area (Å²) < 4.78 is 0. The van der Waals surface area contributed by atoms with Crippen LogP contribution in [0.5, 0.6) is 0 Å². The maximum Gasteiger partial charge on any atom is 0.326 e. The van der Waals surface area contributed by atoms with E-state index >= 15 is 0 Å². The molecule has 2 atom stereocenters. The average Bonchev–Trinajstić information content (AvgIpc) is 2.29. The Hall–Kier alpha value is -1.10. The van der Waals surface area contributed by atoms with Gasteiger partial charge in [0.15, 0.2) is 0 Å². The van der Waals surface area contributed by atoms with Crippen LogP contribution >= 0.6 is 0 Å². The second-order valence-electron chi connectivity index (χ2n) is 4.66. The standard InChI is InChI=1S/C12H22N2O3/c1-2-4-10(12(16)17)14-11(15)7-9-5-3-6-13-8-9/h9-10,13H,2-8H2,1H3,(H,14,15)(H,16,17)/t9?,10-/m1/s1. The molecule has 1 fully saturated rings. The van der Waals surface area contributed by atoms with Gasteiger partial charge in [-0.1, -0.05) is 13.3 Å². The molecule has 0 bridgehead atoms. The fourth-order valence-electron chi connectivity index (χ4n) is 2.16. The summed E-state index contributed by atoms with van der Waals surface area (Å²) >= 11 is 0. The number of carboxylic acid groups (broad SMARTS) is 1. The van der Waals surface area contributed by atoms with Crippen molar-refractivity contribution >= 4 is 11.9 Å². The summed E-state index contributed by atoms with van der Waals surface area (Å²) in [6, 6.07) is -0.732. The molecular weight excluding hydrogens is 220 g/mol. The van der Waals surface area contributed by atoms with Crippen molar-refractivity contribution < 1.29 is 14.7 Å². The van der Waals surface area contributed by atoms with Crippen molar-refractivity contribution in [3.63, 3.8) is 0 Å². The molecule has 3 N–H and O–H groups in total. The van der Waals surface area contributed by atoms with Crippen LogP contribution < -0.4 is 10.6 Å². The molecule has 98 valence electrons. The number of hydrogen-bond donors (Lipinski definition) is 3. The molecule has 0 spiro atoms. The van der Waals surface area contributed by atoms with Crippen molar-refractivity contribution in [1.82, 2.24) is 10.6 Å². The second kappa shape index (κ2) is 7.27. The van der Waals surface area contributed by atoms with Crippen LogP contribution in [-0.4, -0.2) is 36.1 Å². The number of rotatable bonds is 6. The van der Waals surface area contributed by atoms with Gasteiger partial charge in [-0.2, -0.15) is 0 Å². The molecule has 0 aromatic rings. The van der Waals surface area contributed by atoms with Crippen LogP contribution in [0.1, 0.15) is 39.0 Å². The number of carbonyl (C=O) groups is 2. The molecule has 1 aliphatic rings. The van der Waals surface area contributed by atoms with Gasteiger partial charge in [-0.15, -0.1) is 0 Å². The van der Waals surface area contributed by atoms with Gasteiger partial charge >= 0.3 is 5.97 Å². The van der Waals surface area contributed by atoms with E-state index < -0.39 is 12.0 Å². The Labute approximate surface area is 102 Å². The Morgan fingerprint density at radius 3 is 2.82 bits per heavy atom. The third-order valence-electron chi connectivity index (χ3n) is 3.08. The van der Waals surface area contributed by atoms with Gasteiger partial charge in [0.2, 0.25) is 5.91 Å². The summed E-state index contributed by atoms with van der Waals surface area (Å²) in [6.07, 6.45) is 3.81. The van der Waals surface area contributed by atoms with Gasteiger partial charge in [0, 0.05) is 6.42 Å². The van der Waals surface area contributed by atoms with E-state index in [1.165, 1.54) is 0 Å². The Balaban J connectivity index is 2.33. The smallest absolute Gasteiger partial charge is 0.326 e. The van der Waals surface area contributed by atoms with Crippen molar-refractivity contribution in [2.75, 3.05) is 13.1 Å². The molecule has 1 aliphatic heterocycles. The molecule has 5 heteroatoms. The number of carbonyl (C=O) groups excluding carboxylic acids is 1. The van der Waals surface area contributed by atoms with Crippen LogP contribution in [0.15, 0.2) is 0 Å². The molecular formula is C12H22N2O3. The Morgan fingerprint density at radius 1 is 1.53 bits per heavy atom. The molecule has 0 saturated carbocycles. The minimum atomic E-state index is -0.943. The van der Waals surface area contributed by atoms with E-state index in [1.807, 2.05) is 6.92 Å². The first-order valence-electron chi connectivity index (χ1n) is 6.36. The lowest BCUT2D eigenvalue weighted by atomic mass is 9.95. The topological polar surface area (TPSA) is 78.4 Å². The van der Waals surface area contributed by atoms with Crippen LogP contribution in [0.2, 0.25) is 0 Å². The van der Waals surface area contributed by atoms with Gasteiger partial charge < -0.3 is 15.7 Å². The largest absolute Gasteiger partial charge is 0.480 e. The monoisotopic (exact) mass is 242 g/mol. The van der Waals surface area contributed by atoms with E-state index in [4.69, 9.17) is 5.11 Å². The van der Waals surface area contributed by atoms with Crippen molar-refractivity contribution in [3.8, 4) is 0 Å². The summed E-state index contributed by atoms with van der Waals surface area (Å²) in [7, 11) is 0. The van der Waals surface area contributed by atoms with E-state index in [0.717, 1.165) is 32.4 Å². The fraction of sp³-hybridized carbons (Fsp3) is 0.833. The molecule has 0 radical (unpaired) electrons. The van der Waals surface area contributed by atoms with Gasteiger partial charge in [-0.3, -0.25) is 4.79 Å². The molecule has 1 rings (SSSR count). The van der Waals surface area contributed by atoms with Crippen LogP contribution in [0.3, 0.4) is 0 Å². The normalized spacial score (nSPS) is 21.8. The molecule has 1 amide bonds. The molecule has 1 saturated heterocycles. The number of carboxylic acids is 1. The summed E-state index contributed by atoms with van der Waals surface area (Å²) in [5.41, 5.74) is 0. The van der Waals surface area contributed by atoms with Crippen molar-refractivity contribution in [1.29, 1.82) is 0 Å². The summed E-state index contributed by atoms with van der Waals surface area (Å²) in [4.78, 5) is 22.6. The SMILES string of the molecule is CCC[C@@H](NC(=O)CC1CCCNC1)C(=O)O. The summed E-state index contributed by atoms with van der Waals surface area (Å²) in [5, 5.41) is 14.8. The maximum absolute atomic E-state index is 11.7. The van der Waals surface area contributed by atoms with E-state index in [-0.39, 0.29) is 5.91 Å². The lowest BCUT2D eigenvalue weighted by Crippen LogP contribution is -2.42. The molecule has 5 nitrogen and oxygen atoms in total. The van der Waals surface area contributed by atoms with Crippen molar-refractivity contribution in [2.45, 2.75) is 45.1 Å². The van der Waals surface area contributed by atoms with E-state index in [9.17, 15) is 9.59 Å². The van der Waals surface area contributed by atoms with Gasteiger partial charge in [-0.25, -0.2) is 4.79 Å². The lowest BCUT2D eigenvalue weighted by molar-refractivity contribution is -0.142. The fourth-order valence-corrected chi connectivity index (χ4v) is 2.16. The number of amides is 1. The van der Waals surface area contributed by atoms with Crippen LogP contribution in [0, 0.1) is 5.92 Å². The molecule has 0 aliphatic carbocycles. The minimum absolute atomic E-state index is 0.139. The predicted molar refractivity (Wildman–Crippen MR) is 64.7 cm³/mol. The highest BCUT2D eigenvalue weighted by atomic mass is 16.4. The Kier molecular flexibility index (Phi) is 5.97. The van der Waals surface area contributed by atoms with E-state index in [2.05, 4.69) is 10.6 Å². The van der Waals surface area contributed by atoms with Gasteiger partial charge in [-0.05, 0) is 38.3 Å². The van der Waals surface area contributed by atoms with Crippen LogP contribution in [0.4, 0.5) is 0 Å².